The fourth-order valence-electron chi connectivity index (χ4n) is 1.78. The fourth-order valence-corrected chi connectivity index (χ4v) is 2.44. The highest BCUT2D eigenvalue weighted by atomic mass is 32.1. The van der Waals surface area contributed by atoms with Crippen molar-refractivity contribution in [2.75, 3.05) is 0 Å². The largest absolute Gasteiger partial charge is 0.320 e. The van der Waals surface area contributed by atoms with Crippen LogP contribution in [0.3, 0.4) is 0 Å². The second-order valence-corrected chi connectivity index (χ2v) is 4.60. The van der Waals surface area contributed by atoms with Gasteiger partial charge in [-0.05, 0) is 12.8 Å². The van der Waals surface area contributed by atoms with Gasteiger partial charge in [-0.3, -0.25) is 0 Å². The van der Waals surface area contributed by atoms with Crippen LogP contribution < -0.4 is 5.73 Å². The maximum Gasteiger partial charge on any atom is 0.248 e. The number of nitrogens with two attached hydrogens (primary N) is 1. The van der Waals surface area contributed by atoms with Crippen LogP contribution in [0.1, 0.15) is 31.4 Å². The molecule has 1 aliphatic rings. The SMILES string of the molecule is NC1(c2cscn2)CCC(F)(F)CC1. The molecule has 5 heteroatoms. The molecule has 1 heterocycles. The van der Waals surface area contributed by atoms with E-state index >= 15 is 0 Å². The summed E-state index contributed by atoms with van der Waals surface area (Å²) in [7, 11) is 0. The van der Waals surface area contributed by atoms with Gasteiger partial charge in [-0.2, -0.15) is 0 Å². The third-order valence-electron chi connectivity index (χ3n) is 2.82. The van der Waals surface area contributed by atoms with Gasteiger partial charge in [0.1, 0.15) is 0 Å². The molecule has 2 nitrogen and oxygen atoms in total. The number of nitrogens with zero attached hydrogens (tertiary/aromatic N) is 1. The van der Waals surface area contributed by atoms with E-state index in [1.165, 1.54) is 11.3 Å². The second-order valence-electron chi connectivity index (χ2n) is 3.89. The third-order valence-corrected chi connectivity index (χ3v) is 3.40. The zero-order valence-corrected chi connectivity index (χ0v) is 8.49. The second kappa shape index (κ2) is 3.24. The van der Waals surface area contributed by atoms with E-state index in [1.807, 2.05) is 5.38 Å². The zero-order chi connectivity index (χ0) is 10.2. The Morgan fingerprint density at radius 2 is 1.93 bits per heavy atom. The highest BCUT2D eigenvalue weighted by Crippen LogP contribution is 2.41. The number of aromatic nitrogens is 1. The van der Waals surface area contributed by atoms with Crippen LogP contribution in [0.4, 0.5) is 8.78 Å². The Morgan fingerprint density at radius 1 is 1.29 bits per heavy atom. The highest BCUT2D eigenvalue weighted by Gasteiger charge is 2.42. The van der Waals surface area contributed by atoms with E-state index in [0.717, 1.165) is 5.69 Å². The topological polar surface area (TPSA) is 38.9 Å². The zero-order valence-electron chi connectivity index (χ0n) is 7.67. The first-order valence-electron chi connectivity index (χ1n) is 4.57. The van der Waals surface area contributed by atoms with Crippen LogP contribution in [0.5, 0.6) is 0 Å². The van der Waals surface area contributed by atoms with E-state index in [1.54, 1.807) is 5.51 Å². The van der Waals surface area contributed by atoms with Crippen LogP contribution in [0.15, 0.2) is 10.9 Å². The molecule has 0 unspecified atom stereocenters. The van der Waals surface area contributed by atoms with E-state index in [0.29, 0.717) is 12.8 Å². The van der Waals surface area contributed by atoms with Gasteiger partial charge in [0.15, 0.2) is 0 Å². The molecule has 14 heavy (non-hydrogen) atoms. The molecule has 0 saturated heterocycles. The van der Waals surface area contributed by atoms with Gasteiger partial charge in [-0.15, -0.1) is 11.3 Å². The lowest BCUT2D eigenvalue weighted by Gasteiger charge is -2.35. The molecule has 0 aliphatic heterocycles. The Morgan fingerprint density at radius 3 is 2.43 bits per heavy atom. The van der Waals surface area contributed by atoms with Gasteiger partial charge >= 0.3 is 0 Å². The molecule has 78 valence electrons. The van der Waals surface area contributed by atoms with Crippen molar-refractivity contribution in [2.45, 2.75) is 37.1 Å². The molecule has 0 bridgehead atoms. The Labute approximate surface area is 85.1 Å². The summed E-state index contributed by atoms with van der Waals surface area (Å²) in [6.45, 7) is 0. The number of halogens is 2. The standard InChI is InChI=1S/C9H12F2N2S/c10-9(11)3-1-8(12,2-4-9)7-5-14-6-13-7/h5-6H,1-4,12H2. The van der Waals surface area contributed by atoms with Crippen molar-refractivity contribution in [1.82, 2.24) is 4.98 Å². The first-order valence-corrected chi connectivity index (χ1v) is 5.52. The van der Waals surface area contributed by atoms with Crippen molar-refractivity contribution < 1.29 is 8.78 Å². The quantitative estimate of drug-likeness (QED) is 0.786. The predicted molar refractivity (Wildman–Crippen MR) is 51.4 cm³/mol. The molecule has 0 amide bonds. The van der Waals surface area contributed by atoms with E-state index in [9.17, 15) is 8.78 Å². The lowest BCUT2D eigenvalue weighted by molar-refractivity contribution is -0.0518. The number of thiazole rings is 1. The molecule has 0 aromatic carbocycles. The Balaban J connectivity index is 2.13. The summed E-state index contributed by atoms with van der Waals surface area (Å²) >= 11 is 1.45. The maximum absolute atomic E-state index is 12.9. The third kappa shape index (κ3) is 1.79. The Bertz CT molecular complexity index is 301. The van der Waals surface area contributed by atoms with Gasteiger partial charge in [0.25, 0.3) is 0 Å². The molecule has 0 atom stereocenters. The molecule has 1 fully saturated rings. The van der Waals surface area contributed by atoms with Gasteiger partial charge in [0.05, 0.1) is 16.7 Å². The molecular weight excluding hydrogens is 206 g/mol. The number of alkyl halides is 2. The average Bonchev–Trinajstić information content (AvgIpc) is 2.64. The van der Waals surface area contributed by atoms with Gasteiger partial charge in [0, 0.05) is 18.2 Å². The summed E-state index contributed by atoms with van der Waals surface area (Å²) in [6, 6.07) is 0. The number of rotatable bonds is 1. The minimum Gasteiger partial charge on any atom is -0.320 e. The van der Waals surface area contributed by atoms with Crippen molar-refractivity contribution in [2.24, 2.45) is 5.73 Å². The van der Waals surface area contributed by atoms with Crippen molar-refractivity contribution in [3.8, 4) is 0 Å². The Hall–Kier alpha value is -0.550. The molecule has 2 rings (SSSR count). The van der Waals surface area contributed by atoms with Gasteiger partial charge in [0.2, 0.25) is 5.92 Å². The van der Waals surface area contributed by atoms with E-state index < -0.39 is 11.5 Å². The smallest absolute Gasteiger partial charge is 0.248 e. The van der Waals surface area contributed by atoms with Gasteiger partial charge in [-0.25, -0.2) is 13.8 Å². The van der Waals surface area contributed by atoms with E-state index in [-0.39, 0.29) is 12.8 Å². The first kappa shape index (κ1) is 9.98. The first-order chi connectivity index (χ1) is 6.52. The van der Waals surface area contributed by atoms with Crippen LogP contribution in [0, 0.1) is 0 Å². The van der Waals surface area contributed by atoms with Crippen molar-refractivity contribution >= 4 is 11.3 Å². The van der Waals surface area contributed by atoms with Crippen molar-refractivity contribution in [3.05, 3.63) is 16.6 Å². The predicted octanol–water partition coefficient (Wildman–Crippen LogP) is 2.51. The minimum atomic E-state index is -2.53. The van der Waals surface area contributed by atoms with Crippen LogP contribution in [-0.4, -0.2) is 10.9 Å². The summed E-state index contributed by atoms with van der Waals surface area (Å²) in [6.07, 6.45) is 0.398. The molecular formula is C9H12F2N2S. The van der Waals surface area contributed by atoms with Crippen molar-refractivity contribution in [3.63, 3.8) is 0 Å². The van der Waals surface area contributed by atoms with Crippen LogP contribution in [0.25, 0.3) is 0 Å². The summed E-state index contributed by atoms with van der Waals surface area (Å²) < 4.78 is 25.8. The van der Waals surface area contributed by atoms with E-state index in [4.69, 9.17) is 5.73 Å². The summed E-state index contributed by atoms with van der Waals surface area (Å²) in [5.74, 6) is -2.53. The lowest BCUT2D eigenvalue weighted by atomic mass is 9.79. The molecule has 1 aliphatic carbocycles. The summed E-state index contributed by atoms with van der Waals surface area (Å²) in [5.41, 5.74) is 7.89. The maximum atomic E-state index is 12.9. The molecule has 0 radical (unpaired) electrons. The average molecular weight is 218 g/mol. The molecule has 2 N–H and O–H groups in total. The van der Waals surface area contributed by atoms with Crippen LogP contribution in [0.2, 0.25) is 0 Å². The van der Waals surface area contributed by atoms with E-state index in [2.05, 4.69) is 4.98 Å². The Kier molecular flexibility index (Phi) is 2.31. The van der Waals surface area contributed by atoms with Gasteiger partial charge < -0.3 is 5.73 Å². The van der Waals surface area contributed by atoms with Crippen LogP contribution in [-0.2, 0) is 5.54 Å². The molecule has 1 aromatic rings. The highest BCUT2D eigenvalue weighted by molar-refractivity contribution is 7.07. The number of hydrogen-bond donors (Lipinski definition) is 1. The van der Waals surface area contributed by atoms with Crippen LogP contribution >= 0.6 is 11.3 Å². The normalized spacial score (nSPS) is 24.8. The monoisotopic (exact) mass is 218 g/mol. The summed E-state index contributed by atoms with van der Waals surface area (Å²) in [5, 5.41) is 1.85. The fraction of sp³-hybridized carbons (Fsp3) is 0.667. The van der Waals surface area contributed by atoms with Gasteiger partial charge in [-0.1, -0.05) is 0 Å². The minimum absolute atomic E-state index is 0.124. The number of hydrogen-bond acceptors (Lipinski definition) is 3. The molecule has 0 spiro atoms. The molecule has 1 saturated carbocycles. The molecule has 1 aromatic heterocycles. The van der Waals surface area contributed by atoms with Crippen molar-refractivity contribution in [1.29, 1.82) is 0 Å². The lowest BCUT2D eigenvalue weighted by Crippen LogP contribution is -2.43. The summed E-state index contributed by atoms with van der Waals surface area (Å²) in [4.78, 5) is 4.11.